The second kappa shape index (κ2) is 4.88. The third-order valence-electron chi connectivity index (χ3n) is 1.98. The number of aromatic amines is 1. The monoisotopic (exact) mass is 268 g/mol. The fraction of sp³-hybridized carbons (Fsp3) is 0.100. The van der Waals surface area contributed by atoms with Crippen LogP contribution in [0.5, 0.6) is 17.4 Å². The second-order valence-electron chi connectivity index (χ2n) is 3.12. The van der Waals surface area contributed by atoms with E-state index in [1.165, 1.54) is 24.9 Å². The van der Waals surface area contributed by atoms with Gasteiger partial charge in [-0.25, -0.2) is 9.78 Å². The quantitative estimate of drug-likeness (QED) is 0.867. The van der Waals surface area contributed by atoms with Crippen molar-refractivity contribution in [3.63, 3.8) is 0 Å². The van der Waals surface area contributed by atoms with Crippen LogP contribution in [0.25, 0.3) is 0 Å². The summed E-state index contributed by atoms with van der Waals surface area (Å²) in [7, 11) is 1.31. The minimum atomic E-state index is -1.04. The molecule has 0 aromatic carbocycles. The van der Waals surface area contributed by atoms with E-state index in [1.807, 2.05) is 0 Å². The van der Waals surface area contributed by atoms with Crippen LogP contribution in [0.3, 0.4) is 0 Å². The summed E-state index contributed by atoms with van der Waals surface area (Å²) in [6.07, 6.45) is 1.17. The highest BCUT2D eigenvalue weighted by Crippen LogP contribution is 2.29. The number of thiophene rings is 1. The molecule has 0 atom stereocenters. The molecule has 0 aliphatic rings. The number of nitrogens with zero attached hydrogens (tertiary/aromatic N) is 1. The first kappa shape index (κ1) is 12.1. The molecule has 2 heterocycles. The van der Waals surface area contributed by atoms with E-state index in [4.69, 9.17) is 14.6 Å². The van der Waals surface area contributed by atoms with Gasteiger partial charge in [-0.15, -0.1) is 11.3 Å². The zero-order valence-corrected chi connectivity index (χ0v) is 9.98. The molecule has 0 fully saturated rings. The van der Waals surface area contributed by atoms with Gasteiger partial charge in [-0.3, -0.25) is 4.79 Å². The summed E-state index contributed by atoms with van der Waals surface area (Å²) >= 11 is 1.02. The zero-order chi connectivity index (χ0) is 13.1. The molecule has 0 bridgehead atoms. The Kier molecular flexibility index (Phi) is 3.28. The van der Waals surface area contributed by atoms with E-state index >= 15 is 0 Å². The molecule has 94 valence electrons. The summed E-state index contributed by atoms with van der Waals surface area (Å²) in [6.45, 7) is 0. The normalized spacial score (nSPS) is 10.1. The van der Waals surface area contributed by atoms with E-state index in [0.717, 1.165) is 11.3 Å². The highest BCUT2D eigenvalue weighted by atomic mass is 32.1. The van der Waals surface area contributed by atoms with Crippen molar-refractivity contribution in [3.8, 4) is 17.4 Å². The average molecular weight is 268 g/mol. The predicted molar refractivity (Wildman–Crippen MR) is 62.8 cm³/mol. The highest BCUT2D eigenvalue weighted by molar-refractivity contribution is 7.12. The SMILES string of the molecule is COc1c(Oc2csc(C(=O)O)c2)nc[nH]c1=O. The Morgan fingerprint density at radius 2 is 2.33 bits per heavy atom. The van der Waals surface area contributed by atoms with E-state index < -0.39 is 11.5 Å². The molecule has 7 nitrogen and oxygen atoms in total. The largest absolute Gasteiger partial charge is 0.487 e. The summed E-state index contributed by atoms with van der Waals surface area (Å²) in [4.78, 5) is 28.4. The third kappa shape index (κ3) is 2.33. The van der Waals surface area contributed by atoms with Crippen LogP contribution in [0.4, 0.5) is 0 Å². The Balaban J connectivity index is 2.31. The number of ether oxygens (including phenoxy) is 2. The molecule has 0 saturated heterocycles. The maximum absolute atomic E-state index is 11.4. The number of aromatic nitrogens is 2. The molecule has 2 aromatic rings. The summed E-state index contributed by atoms with van der Waals surface area (Å²) < 4.78 is 10.2. The van der Waals surface area contributed by atoms with Crippen molar-refractivity contribution in [3.05, 3.63) is 33.0 Å². The van der Waals surface area contributed by atoms with Crippen LogP contribution in [0, 0.1) is 0 Å². The van der Waals surface area contributed by atoms with Crippen LogP contribution in [-0.4, -0.2) is 28.2 Å². The molecule has 0 spiro atoms. The average Bonchev–Trinajstić information content (AvgIpc) is 2.78. The maximum atomic E-state index is 11.4. The van der Waals surface area contributed by atoms with E-state index in [9.17, 15) is 9.59 Å². The number of carboxylic acid groups (broad SMARTS) is 1. The van der Waals surface area contributed by atoms with Crippen molar-refractivity contribution in [2.75, 3.05) is 7.11 Å². The summed E-state index contributed by atoms with van der Waals surface area (Å²) in [5, 5.41) is 10.3. The minimum absolute atomic E-state index is 0.0176. The molecule has 2 N–H and O–H groups in total. The Morgan fingerprint density at radius 1 is 1.56 bits per heavy atom. The van der Waals surface area contributed by atoms with Gasteiger partial charge in [-0.2, -0.15) is 0 Å². The van der Waals surface area contributed by atoms with Crippen molar-refractivity contribution < 1.29 is 19.4 Å². The van der Waals surface area contributed by atoms with E-state index in [1.54, 1.807) is 0 Å². The lowest BCUT2D eigenvalue weighted by Crippen LogP contribution is -2.10. The first-order valence-corrected chi connectivity index (χ1v) is 5.61. The highest BCUT2D eigenvalue weighted by Gasteiger charge is 2.13. The van der Waals surface area contributed by atoms with Crippen LogP contribution in [0.15, 0.2) is 22.6 Å². The van der Waals surface area contributed by atoms with E-state index in [0.29, 0.717) is 0 Å². The van der Waals surface area contributed by atoms with Gasteiger partial charge < -0.3 is 19.6 Å². The number of methoxy groups -OCH3 is 1. The van der Waals surface area contributed by atoms with E-state index in [-0.39, 0.29) is 22.3 Å². The predicted octanol–water partition coefficient (Wildman–Crippen LogP) is 1.33. The second-order valence-corrected chi connectivity index (χ2v) is 4.04. The van der Waals surface area contributed by atoms with Gasteiger partial charge in [0.05, 0.1) is 13.4 Å². The minimum Gasteiger partial charge on any atom is -0.487 e. The van der Waals surface area contributed by atoms with Gasteiger partial charge in [-0.05, 0) is 0 Å². The molecule has 0 amide bonds. The Hall–Kier alpha value is -2.35. The third-order valence-corrected chi connectivity index (χ3v) is 2.88. The number of nitrogens with one attached hydrogen (secondary N) is 1. The van der Waals surface area contributed by atoms with Crippen LogP contribution in [0.2, 0.25) is 0 Å². The number of carbonyl (C=O) groups is 1. The van der Waals surface area contributed by atoms with Gasteiger partial charge >= 0.3 is 5.97 Å². The number of carboxylic acids is 1. The molecule has 8 heteroatoms. The molecule has 0 aliphatic carbocycles. The Bertz CT molecular complexity index is 633. The van der Waals surface area contributed by atoms with Crippen molar-refractivity contribution in [2.24, 2.45) is 0 Å². The molecule has 2 aromatic heterocycles. The number of hydrogen-bond donors (Lipinski definition) is 2. The van der Waals surface area contributed by atoms with Gasteiger partial charge in [0.25, 0.3) is 11.4 Å². The number of aromatic carboxylic acids is 1. The molecule has 2 rings (SSSR count). The van der Waals surface area contributed by atoms with Crippen molar-refractivity contribution in [1.82, 2.24) is 9.97 Å². The molecule has 18 heavy (non-hydrogen) atoms. The van der Waals surface area contributed by atoms with Crippen LogP contribution in [-0.2, 0) is 0 Å². The Labute approximate surface area is 105 Å². The van der Waals surface area contributed by atoms with Gasteiger partial charge in [0.2, 0.25) is 5.75 Å². The summed E-state index contributed by atoms with van der Waals surface area (Å²) in [5.41, 5.74) is -0.476. The van der Waals surface area contributed by atoms with Gasteiger partial charge in [-0.1, -0.05) is 0 Å². The van der Waals surface area contributed by atoms with Gasteiger partial charge in [0.1, 0.15) is 10.6 Å². The number of hydrogen-bond acceptors (Lipinski definition) is 6. The molecule has 0 saturated carbocycles. The molecule has 0 radical (unpaired) electrons. The maximum Gasteiger partial charge on any atom is 0.346 e. The lowest BCUT2D eigenvalue weighted by molar-refractivity contribution is 0.0702. The number of H-pyrrole nitrogens is 1. The van der Waals surface area contributed by atoms with Crippen LogP contribution >= 0.6 is 11.3 Å². The van der Waals surface area contributed by atoms with Crippen molar-refractivity contribution >= 4 is 17.3 Å². The Morgan fingerprint density at radius 3 is 2.94 bits per heavy atom. The standard InChI is InChI=1S/C10H8N2O5S/c1-16-7-8(13)11-4-12-9(7)17-5-2-6(10(14)15)18-3-5/h2-4H,1H3,(H,14,15)(H,11,12,13). The first-order chi connectivity index (χ1) is 8.61. The van der Waals surface area contributed by atoms with Crippen molar-refractivity contribution in [2.45, 2.75) is 0 Å². The fourth-order valence-electron chi connectivity index (χ4n) is 1.22. The smallest absolute Gasteiger partial charge is 0.346 e. The van der Waals surface area contributed by atoms with Gasteiger partial charge in [0.15, 0.2) is 0 Å². The fourth-order valence-corrected chi connectivity index (χ4v) is 1.86. The van der Waals surface area contributed by atoms with Crippen molar-refractivity contribution in [1.29, 1.82) is 0 Å². The van der Waals surface area contributed by atoms with Crippen LogP contribution in [0.1, 0.15) is 9.67 Å². The summed E-state index contributed by atoms with van der Waals surface area (Å²) in [5.74, 6) is -0.842. The lowest BCUT2D eigenvalue weighted by Gasteiger charge is -2.05. The first-order valence-electron chi connectivity index (χ1n) is 4.73. The van der Waals surface area contributed by atoms with Gasteiger partial charge in [0, 0.05) is 11.4 Å². The number of rotatable bonds is 4. The van der Waals surface area contributed by atoms with E-state index in [2.05, 4.69) is 9.97 Å². The molecule has 0 aliphatic heterocycles. The summed E-state index contributed by atoms with van der Waals surface area (Å²) in [6, 6.07) is 1.34. The van der Waals surface area contributed by atoms with Crippen LogP contribution < -0.4 is 15.0 Å². The molecule has 0 unspecified atom stereocenters. The molecular formula is C10H8N2O5S. The zero-order valence-electron chi connectivity index (χ0n) is 9.17. The lowest BCUT2D eigenvalue weighted by atomic mass is 10.4. The topological polar surface area (TPSA) is 102 Å². The molecular weight excluding hydrogens is 260 g/mol.